The summed E-state index contributed by atoms with van der Waals surface area (Å²) in [7, 11) is 0. The van der Waals surface area contributed by atoms with Gasteiger partial charge in [0, 0.05) is 11.6 Å². The van der Waals surface area contributed by atoms with Crippen LogP contribution >= 0.6 is 11.6 Å². The zero-order valence-electron chi connectivity index (χ0n) is 11.2. The number of halogens is 3. The highest BCUT2D eigenvalue weighted by atomic mass is 35.5. The summed E-state index contributed by atoms with van der Waals surface area (Å²) < 4.78 is 26.2. The monoisotopic (exact) mass is 295 g/mol. The maximum atomic E-state index is 13.3. The summed E-state index contributed by atoms with van der Waals surface area (Å²) in [5.74, 6) is -1.68. The van der Waals surface area contributed by atoms with Gasteiger partial charge in [-0.05, 0) is 53.9 Å². The number of rotatable bonds is 5. The molecule has 2 aromatic carbocycles. The van der Waals surface area contributed by atoms with E-state index in [4.69, 9.17) is 11.6 Å². The molecule has 0 heterocycles. The number of nitrogens with one attached hydrogen (secondary N) is 1. The van der Waals surface area contributed by atoms with Gasteiger partial charge in [-0.1, -0.05) is 30.7 Å². The molecule has 0 fully saturated rings. The lowest BCUT2D eigenvalue weighted by Gasteiger charge is -2.09. The Bertz CT molecular complexity index is 599. The van der Waals surface area contributed by atoms with Crippen LogP contribution in [0, 0.1) is 11.6 Å². The fraction of sp³-hybridized carbons (Fsp3) is 0.250. The summed E-state index contributed by atoms with van der Waals surface area (Å²) in [6.45, 7) is 3.66. The number of benzene rings is 2. The van der Waals surface area contributed by atoms with Gasteiger partial charge >= 0.3 is 0 Å². The summed E-state index contributed by atoms with van der Waals surface area (Å²) in [6.07, 6.45) is 1.04. The van der Waals surface area contributed by atoms with Crippen LogP contribution in [0.2, 0.25) is 5.02 Å². The van der Waals surface area contributed by atoms with Crippen LogP contribution in [-0.4, -0.2) is 6.54 Å². The molecule has 0 atom stereocenters. The summed E-state index contributed by atoms with van der Waals surface area (Å²) >= 11 is 6.15. The van der Waals surface area contributed by atoms with E-state index in [0.717, 1.165) is 30.2 Å². The SMILES string of the molecule is CCCNCc1cc(-c2ccc(F)c(F)c2)ccc1Cl. The first kappa shape index (κ1) is 14.9. The Hall–Kier alpha value is -1.45. The lowest BCUT2D eigenvalue weighted by atomic mass is 10.0. The maximum absolute atomic E-state index is 13.3. The number of hydrogen-bond donors (Lipinski definition) is 1. The Morgan fingerprint density at radius 1 is 1.00 bits per heavy atom. The summed E-state index contributed by atoms with van der Waals surface area (Å²) in [5.41, 5.74) is 2.40. The molecule has 0 bridgehead atoms. The molecule has 1 nitrogen and oxygen atoms in total. The van der Waals surface area contributed by atoms with Crippen molar-refractivity contribution in [3.8, 4) is 11.1 Å². The normalized spacial score (nSPS) is 10.8. The second-order valence-electron chi connectivity index (χ2n) is 4.61. The average Bonchev–Trinajstić information content (AvgIpc) is 2.44. The fourth-order valence-corrected chi connectivity index (χ4v) is 2.15. The molecule has 2 rings (SSSR count). The highest BCUT2D eigenvalue weighted by molar-refractivity contribution is 6.31. The quantitative estimate of drug-likeness (QED) is 0.782. The second-order valence-corrected chi connectivity index (χ2v) is 5.02. The topological polar surface area (TPSA) is 12.0 Å². The average molecular weight is 296 g/mol. The maximum Gasteiger partial charge on any atom is 0.159 e. The van der Waals surface area contributed by atoms with Gasteiger partial charge in [0.2, 0.25) is 0 Å². The van der Waals surface area contributed by atoms with E-state index in [1.807, 2.05) is 6.07 Å². The fourth-order valence-electron chi connectivity index (χ4n) is 1.97. The van der Waals surface area contributed by atoms with Gasteiger partial charge in [0.25, 0.3) is 0 Å². The third-order valence-electron chi connectivity index (χ3n) is 3.04. The van der Waals surface area contributed by atoms with Crippen molar-refractivity contribution in [2.75, 3.05) is 6.54 Å². The molecule has 106 valence electrons. The van der Waals surface area contributed by atoms with Crippen molar-refractivity contribution in [2.24, 2.45) is 0 Å². The van der Waals surface area contributed by atoms with Crippen molar-refractivity contribution < 1.29 is 8.78 Å². The van der Waals surface area contributed by atoms with Crippen molar-refractivity contribution >= 4 is 11.6 Å². The summed E-state index contributed by atoms with van der Waals surface area (Å²) in [4.78, 5) is 0. The van der Waals surface area contributed by atoms with E-state index in [-0.39, 0.29) is 0 Å². The predicted molar refractivity (Wildman–Crippen MR) is 78.8 cm³/mol. The first-order valence-corrected chi connectivity index (χ1v) is 6.94. The van der Waals surface area contributed by atoms with Crippen LogP contribution in [0.3, 0.4) is 0 Å². The first-order chi connectivity index (χ1) is 9.61. The van der Waals surface area contributed by atoms with Gasteiger partial charge in [-0.25, -0.2) is 8.78 Å². The van der Waals surface area contributed by atoms with Gasteiger partial charge in [0.05, 0.1) is 0 Å². The highest BCUT2D eigenvalue weighted by Crippen LogP contribution is 2.26. The Morgan fingerprint density at radius 3 is 2.40 bits per heavy atom. The molecule has 0 aliphatic heterocycles. The van der Waals surface area contributed by atoms with E-state index in [1.54, 1.807) is 18.2 Å². The molecular formula is C16H16ClF2N. The second kappa shape index (κ2) is 6.82. The minimum absolute atomic E-state index is 0.636. The summed E-state index contributed by atoms with van der Waals surface area (Å²) in [5, 5.41) is 3.94. The predicted octanol–water partition coefficient (Wildman–Crippen LogP) is 4.78. The molecular weight excluding hydrogens is 280 g/mol. The van der Waals surface area contributed by atoms with Crippen LogP contribution in [0.25, 0.3) is 11.1 Å². The van der Waals surface area contributed by atoms with E-state index in [0.29, 0.717) is 17.1 Å². The lowest BCUT2D eigenvalue weighted by molar-refractivity contribution is 0.509. The van der Waals surface area contributed by atoms with Gasteiger partial charge in [-0.15, -0.1) is 0 Å². The molecule has 0 spiro atoms. The largest absolute Gasteiger partial charge is 0.313 e. The Labute approximate surface area is 122 Å². The molecule has 4 heteroatoms. The van der Waals surface area contributed by atoms with E-state index in [9.17, 15) is 8.78 Å². The molecule has 2 aromatic rings. The molecule has 0 radical (unpaired) electrons. The van der Waals surface area contributed by atoms with Crippen LogP contribution in [0.15, 0.2) is 36.4 Å². The summed E-state index contributed by atoms with van der Waals surface area (Å²) in [6, 6.07) is 9.37. The van der Waals surface area contributed by atoms with E-state index < -0.39 is 11.6 Å². The zero-order valence-corrected chi connectivity index (χ0v) is 12.0. The van der Waals surface area contributed by atoms with Gasteiger partial charge in [-0.3, -0.25) is 0 Å². The molecule has 0 unspecified atom stereocenters. The van der Waals surface area contributed by atoms with Crippen molar-refractivity contribution in [2.45, 2.75) is 19.9 Å². The van der Waals surface area contributed by atoms with Crippen molar-refractivity contribution in [3.63, 3.8) is 0 Å². The highest BCUT2D eigenvalue weighted by Gasteiger charge is 2.07. The minimum atomic E-state index is -0.844. The standard InChI is InChI=1S/C16H16ClF2N/c1-2-7-20-10-13-8-11(3-5-14(13)17)12-4-6-15(18)16(19)9-12/h3-6,8-9,20H,2,7,10H2,1H3. The van der Waals surface area contributed by atoms with Gasteiger partial charge < -0.3 is 5.32 Å². The molecule has 0 aromatic heterocycles. The Morgan fingerprint density at radius 2 is 1.70 bits per heavy atom. The Balaban J connectivity index is 2.27. The van der Waals surface area contributed by atoms with Crippen molar-refractivity contribution in [1.82, 2.24) is 5.32 Å². The smallest absolute Gasteiger partial charge is 0.159 e. The van der Waals surface area contributed by atoms with Gasteiger partial charge in [0.15, 0.2) is 11.6 Å². The van der Waals surface area contributed by atoms with Crippen LogP contribution in [0.4, 0.5) is 8.78 Å². The first-order valence-electron chi connectivity index (χ1n) is 6.56. The lowest BCUT2D eigenvalue weighted by Crippen LogP contribution is -2.14. The van der Waals surface area contributed by atoms with Crippen molar-refractivity contribution in [3.05, 3.63) is 58.6 Å². The zero-order chi connectivity index (χ0) is 14.5. The molecule has 0 saturated carbocycles. The third kappa shape index (κ3) is 3.56. The minimum Gasteiger partial charge on any atom is -0.313 e. The van der Waals surface area contributed by atoms with Crippen LogP contribution in [0.1, 0.15) is 18.9 Å². The van der Waals surface area contributed by atoms with Gasteiger partial charge in [0.1, 0.15) is 0 Å². The molecule has 1 N–H and O–H groups in total. The molecule has 0 saturated heterocycles. The van der Waals surface area contributed by atoms with Crippen molar-refractivity contribution in [1.29, 1.82) is 0 Å². The van der Waals surface area contributed by atoms with Crippen LogP contribution < -0.4 is 5.32 Å². The number of hydrogen-bond acceptors (Lipinski definition) is 1. The van der Waals surface area contributed by atoms with E-state index >= 15 is 0 Å². The molecule has 20 heavy (non-hydrogen) atoms. The molecule has 0 aliphatic rings. The van der Waals surface area contributed by atoms with Crippen LogP contribution in [0.5, 0.6) is 0 Å². The van der Waals surface area contributed by atoms with E-state index in [1.165, 1.54) is 6.07 Å². The van der Waals surface area contributed by atoms with Crippen LogP contribution in [-0.2, 0) is 6.54 Å². The third-order valence-corrected chi connectivity index (χ3v) is 3.41. The van der Waals surface area contributed by atoms with E-state index in [2.05, 4.69) is 12.2 Å². The molecule has 0 amide bonds. The Kier molecular flexibility index (Phi) is 5.10. The molecule has 0 aliphatic carbocycles. The van der Waals surface area contributed by atoms with Gasteiger partial charge in [-0.2, -0.15) is 0 Å².